The summed E-state index contributed by atoms with van der Waals surface area (Å²) >= 11 is 0. The Hall–Kier alpha value is -2.60. The maximum Gasteiger partial charge on any atom is 0.224 e. The predicted octanol–water partition coefficient (Wildman–Crippen LogP) is 3.06. The molecule has 0 saturated carbocycles. The lowest BCUT2D eigenvalue weighted by molar-refractivity contribution is -0.116. The molecule has 0 aliphatic heterocycles. The van der Waals surface area contributed by atoms with E-state index in [1.165, 1.54) is 6.07 Å². The van der Waals surface area contributed by atoms with Gasteiger partial charge in [0.25, 0.3) is 0 Å². The van der Waals surface area contributed by atoms with Gasteiger partial charge in [-0.25, -0.2) is 8.78 Å². The number of anilines is 1. The van der Waals surface area contributed by atoms with Crippen LogP contribution in [0.3, 0.4) is 0 Å². The van der Waals surface area contributed by atoms with Gasteiger partial charge in [0.05, 0.1) is 6.61 Å². The molecule has 6 heteroatoms. The molecule has 0 bridgehead atoms. The van der Waals surface area contributed by atoms with Crippen molar-refractivity contribution in [3.63, 3.8) is 0 Å². The zero-order valence-electron chi connectivity index (χ0n) is 12.2. The van der Waals surface area contributed by atoms with Crippen LogP contribution in [-0.2, 0) is 11.4 Å². The number of hydrogen-bond acceptors (Lipinski definition) is 3. The van der Waals surface area contributed by atoms with Gasteiger partial charge in [-0.3, -0.25) is 9.59 Å². The maximum atomic E-state index is 13.1. The number of Topliss-reactive ketones (excluding diaryl/α,β-unsaturated/α-hetero) is 1. The number of hydrogen-bond donors (Lipinski definition) is 2. The minimum Gasteiger partial charge on any atom is -0.392 e. The second kappa shape index (κ2) is 7.60. The van der Waals surface area contributed by atoms with E-state index in [0.29, 0.717) is 11.3 Å². The van der Waals surface area contributed by atoms with Crippen molar-refractivity contribution in [3.05, 3.63) is 65.2 Å². The second-order valence-corrected chi connectivity index (χ2v) is 4.96. The smallest absolute Gasteiger partial charge is 0.224 e. The van der Waals surface area contributed by atoms with Crippen LogP contribution < -0.4 is 5.32 Å². The molecule has 0 unspecified atom stereocenters. The van der Waals surface area contributed by atoms with E-state index in [4.69, 9.17) is 5.11 Å². The molecule has 4 nitrogen and oxygen atoms in total. The number of benzene rings is 2. The van der Waals surface area contributed by atoms with E-state index in [9.17, 15) is 18.4 Å². The summed E-state index contributed by atoms with van der Waals surface area (Å²) in [5.41, 5.74) is 1.20. The van der Waals surface area contributed by atoms with Gasteiger partial charge in [0.2, 0.25) is 5.91 Å². The molecule has 0 spiro atoms. The Morgan fingerprint density at radius 2 is 1.78 bits per heavy atom. The fraction of sp³-hybridized carbons (Fsp3) is 0.176. The van der Waals surface area contributed by atoms with Crippen LogP contribution >= 0.6 is 0 Å². The molecule has 0 aromatic heterocycles. The van der Waals surface area contributed by atoms with Gasteiger partial charge in [0.15, 0.2) is 17.4 Å². The van der Waals surface area contributed by atoms with E-state index >= 15 is 0 Å². The highest BCUT2D eigenvalue weighted by molar-refractivity contribution is 6.00. The van der Waals surface area contributed by atoms with Crippen molar-refractivity contribution in [2.24, 2.45) is 0 Å². The molecular weight excluding hydrogens is 304 g/mol. The largest absolute Gasteiger partial charge is 0.392 e. The second-order valence-electron chi connectivity index (χ2n) is 4.96. The first-order valence-electron chi connectivity index (χ1n) is 6.97. The molecule has 0 atom stereocenters. The Kier molecular flexibility index (Phi) is 5.54. The number of rotatable bonds is 6. The van der Waals surface area contributed by atoms with E-state index in [1.807, 2.05) is 0 Å². The molecule has 0 saturated heterocycles. The summed E-state index contributed by atoms with van der Waals surface area (Å²) in [4.78, 5) is 23.7. The molecule has 0 radical (unpaired) electrons. The molecule has 120 valence electrons. The first-order chi connectivity index (χ1) is 11.0. The van der Waals surface area contributed by atoms with E-state index in [0.717, 1.165) is 12.1 Å². The van der Waals surface area contributed by atoms with Gasteiger partial charge in [-0.15, -0.1) is 0 Å². The van der Waals surface area contributed by atoms with Crippen molar-refractivity contribution in [2.75, 3.05) is 5.32 Å². The summed E-state index contributed by atoms with van der Waals surface area (Å²) in [5, 5.41) is 11.6. The molecular formula is C17H15F2NO3. The van der Waals surface area contributed by atoms with Crippen molar-refractivity contribution in [3.8, 4) is 0 Å². The van der Waals surface area contributed by atoms with Crippen LogP contribution in [0.1, 0.15) is 28.8 Å². The summed E-state index contributed by atoms with van der Waals surface area (Å²) in [6.07, 6.45) is -0.197. The fourth-order valence-electron chi connectivity index (χ4n) is 2.01. The van der Waals surface area contributed by atoms with Gasteiger partial charge in [0, 0.05) is 24.1 Å². The third-order valence-corrected chi connectivity index (χ3v) is 3.21. The lowest BCUT2D eigenvalue weighted by atomic mass is 10.1. The topological polar surface area (TPSA) is 66.4 Å². The van der Waals surface area contributed by atoms with E-state index in [1.54, 1.807) is 24.3 Å². The van der Waals surface area contributed by atoms with Gasteiger partial charge >= 0.3 is 0 Å². The summed E-state index contributed by atoms with van der Waals surface area (Å²) in [6, 6.07) is 9.56. The Balaban J connectivity index is 1.90. The van der Waals surface area contributed by atoms with Crippen LogP contribution in [0.4, 0.5) is 14.5 Å². The average Bonchev–Trinajstić information content (AvgIpc) is 2.55. The van der Waals surface area contributed by atoms with Gasteiger partial charge in [-0.05, 0) is 35.9 Å². The SMILES string of the molecule is O=C(CCC(=O)c1ccc(F)c(F)c1)Nc1cccc(CO)c1. The van der Waals surface area contributed by atoms with Crippen LogP contribution in [0.15, 0.2) is 42.5 Å². The highest BCUT2D eigenvalue weighted by Crippen LogP contribution is 2.13. The number of aliphatic hydroxyl groups is 1. The Morgan fingerprint density at radius 3 is 2.48 bits per heavy atom. The van der Waals surface area contributed by atoms with Crippen molar-refractivity contribution in [1.82, 2.24) is 0 Å². The third-order valence-electron chi connectivity index (χ3n) is 3.21. The lowest BCUT2D eigenvalue weighted by Gasteiger charge is -2.06. The summed E-state index contributed by atoms with van der Waals surface area (Å²) in [6.45, 7) is -0.141. The molecule has 0 fully saturated rings. The monoisotopic (exact) mass is 319 g/mol. The summed E-state index contributed by atoms with van der Waals surface area (Å²) in [5.74, 6) is -2.94. The van der Waals surface area contributed by atoms with Crippen LogP contribution in [-0.4, -0.2) is 16.8 Å². The van der Waals surface area contributed by atoms with Crippen molar-refractivity contribution < 1.29 is 23.5 Å². The van der Waals surface area contributed by atoms with Crippen LogP contribution in [0.2, 0.25) is 0 Å². The average molecular weight is 319 g/mol. The van der Waals surface area contributed by atoms with Crippen molar-refractivity contribution >= 4 is 17.4 Å². The molecule has 1 amide bonds. The molecule has 23 heavy (non-hydrogen) atoms. The zero-order valence-corrected chi connectivity index (χ0v) is 12.2. The fourth-order valence-corrected chi connectivity index (χ4v) is 2.01. The number of halogens is 2. The Morgan fingerprint density at radius 1 is 1.00 bits per heavy atom. The number of amides is 1. The van der Waals surface area contributed by atoms with Gasteiger partial charge in [-0.2, -0.15) is 0 Å². The predicted molar refractivity (Wildman–Crippen MR) is 80.9 cm³/mol. The standard InChI is InChI=1S/C17H15F2NO3/c18-14-5-4-12(9-15(14)19)16(22)6-7-17(23)20-13-3-1-2-11(8-13)10-21/h1-5,8-9,21H,6-7,10H2,(H,20,23). The molecule has 2 aromatic carbocycles. The number of nitrogens with one attached hydrogen (secondary N) is 1. The highest BCUT2D eigenvalue weighted by Gasteiger charge is 2.12. The minimum absolute atomic E-state index is 0.0268. The number of carbonyl (C=O) groups is 2. The van der Waals surface area contributed by atoms with Crippen molar-refractivity contribution in [1.29, 1.82) is 0 Å². The normalized spacial score (nSPS) is 10.4. The molecule has 2 aromatic rings. The zero-order chi connectivity index (χ0) is 16.8. The molecule has 0 heterocycles. The minimum atomic E-state index is -1.10. The summed E-state index contributed by atoms with van der Waals surface area (Å²) in [7, 11) is 0. The van der Waals surface area contributed by atoms with Gasteiger partial charge in [0.1, 0.15) is 0 Å². The number of aliphatic hydroxyl groups excluding tert-OH is 1. The Labute approximate surface area is 131 Å². The van der Waals surface area contributed by atoms with E-state index in [2.05, 4.69) is 5.32 Å². The molecule has 0 aliphatic rings. The van der Waals surface area contributed by atoms with Gasteiger partial charge in [-0.1, -0.05) is 12.1 Å². The van der Waals surface area contributed by atoms with Crippen LogP contribution in [0, 0.1) is 11.6 Å². The number of carbonyl (C=O) groups excluding carboxylic acids is 2. The molecule has 2 N–H and O–H groups in total. The van der Waals surface area contributed by atoms with Crippen LogP contribution in [0.25, 0.3) is 0 Å². The quantitative estimate of drug-likeness (QED) is 0.804. The lowest BCUT2D eigenvalue weighted by Crippen LogP contribution is -2.13. The maximum absolute atomic E-state index is 13.1. The first kappa shape index (κ1) is 16.8. The van der Waals surface area contributed by atoms with E-state index < -0.39 is 17.4 Å². The Bertz CT molecular complexity index is 732. The van der Waals surface area contributed by atoms with Gasteiger partial charge < -0.3 is 10.4 Å². The number of ketones is 1. The molecule has 0 aliphatic carbocycles. The third kappa shape index (κ3) is 4.69. The molecule has 2 rings (SSSR count). The first-order valence-corrected chi connectivity index (χ1v) is 6.97. The summed E-state index contributed by atoms with van der Waals surface area (Å²) < 4.78 is 25.9. The highest BCUT2D eigenvalue weighted by atomic mass is 19.2. The van der Waals surface area contributed by atoms with Crippen molar-refractivity contribution in [2.45, 2.75) is 19.4 Å². The van der Waals surface area contributed by atoms with Crippen LogP contribution in [0.5, 0.6) is 0 Å². The van der Waals surface area contributed by atoms with E-state index in [-0.39, 0.29) is 30.9 Å².